The van der Waals surface area contributed by atoms with Gasteiger partial charge in [0.1, 0.15) is 12.6 Å². The van der Waals surface area contributed by atoms with Crippen molar-refractivity contribution in [3.8, 4) is 0 Å². The molecular weight excluding hydrogens is 250 g/mol. The SMILES string of the molecule is CCC(CC)CCC1N[C@@H](c2ccccc2)COC1=O. The fourth-order valence-corrected chi connectivity index (χ4v) is 2.80. The molecule has 2 atom stereocenters. The first-order valence-corrected chi connectivity index (χ1v) is 7.72. The minimum absolute atomic E-state index is 0.0943. The van der Waals surface area contributed by atoms with Gasteiger partial charge in [0.2, 0.25) is 0 Å². The lowest BCUT2D eigenvalue weighted by Gasteiger charge is -2.31. The van der Waals surface area contributed by atoms with Gasteiger partial charge in [-0.15, -0.1) is 0 Å². The van der Waals surface area contributed by atoms with E-state index in [1.165, 1.54) is 18.4 Å². The van der Waals surface area contributed by atoms with E-state index in [1.807, 2.05) is 18.2 Å². The van der Waals surface area contributed by atoms with Crippen LogP contribution < -0.4 is 5.32 Å². The molecule has 1 heterocycles. The van der Waals surface area contributed by atoms with Crippen molar-refractivity contribution in [3.63, 3.8) is 0 Å². The number of hydrogen-bond acceptors (Lipinski definition) is 3. The molecule has 1 saturated heterocycles. The molecule has 1 aromatic carbocycles. The highest BCUT2D eigenvalue weighted by atomic mass is 16.5. The zero-order chi connectivity index (χ0) is 14.4. The van der Waals surface area contributed by atoms with Gasteiger partial charge in [-0.25, -0.2) is 0 Å². The highest BCUT2D eigenvalue weighted by Crippen LogP contribution is 2.22. The van der Waals surface area contributed by atoms with Gasteiger partial charge in [-0.2, -0.15) is 0 Å². The van der Waals surface area contributed by atoms with Gasteiger partial charge in [0.15, 0.2) is 0 Å². The highest BCUT2D eigenvalue weighted by molar-refractivity contribution is 5.76. The second-order valence-corrected chi connectivity index (χ2v) is 5.57. The Kier molecular flexibility index (Phi) is 5.60. The lowest BCUT2D eigenvalue weighted by Crippen LogP contribution is -2.47. The van der Waals surface area contributed by atoms with Gasteiger partial charge in [-0.3, -0.25) is 10.1 Å². The average molecular weight is 275 g/mol. The van der Waals surface area contributed by atoms with Crippen molar-refractivity contribution in [2.75, 3.05) is 6.61 Å². The Morgan fingerprint density at radius 1 is 1.25 bits per heavy atom. The molecule has 1 aromatic rings. The van der Waals surface area contributed by atoms with E-state index in [9.17, 15) is 4.79 Å². The molecule has 2 rings (SSSR count). The van der Waals surface area contributed by atoms with Crippen LogP contribution in [-0.4, -0.2) is 18.6 Å². The quantitative estimate of drug-likeness (QED) is 0.808. The maximum Gasteiger partial charge on any atom is 0.323 e. The molecule has 0 saturated carbocycles. The highest BCUT2D eigenvalue weighted by Gasteiger charge is 2.30. The third-order valence-electron chi connectivity index (χ3n) is 4.30. The smallest absolute Gasteiger partial charge is 0.323 e. The Balaban J connectivity index is 1.93. The van der Waals surface area contributed by atoms with Gasteiger partial charge in [0, 0.05) is 0 Å². The topological polar surface area (TPSA) is 38.3 Å². The average Bonchev–Trinajstić information content (AvgIpc) is 2.51. The maximum absolute atomic E-state index is 11.9. The third kappa shape index (κ3) is 3.83. The van der Waals surface area contributed by atoms with Crippen LogP contribution in [0.25, 0.3) is 0 Å². The first kappa shape index (κ1) is 15.0. The zero-order valence-corrected chi connectivity index (χ0v) is 12.5. The van der Waals surface area contributed by atoms with Crippen LogP contribution in [0.1, 0.15) is 51.1 Å². The summed E-state index contributed by atoms with van der Waals surface area (Å²) < 4.78 is 5.36. The molecule has 20 heavy (non-hydrogen) atoms. The van der Waals surface area contributed by atoms with Crippen molar-refractivity contribution in [1.29, 1.82) is 0 Å². The zero-order valence-electron chi connectivity index (χ0n) is 12.5. The number of cyclic esters (lactones) is 1. The van der Waals surface area contributed by atoms with E-state index in [4.69, 9.17) is 4.74 Å². The molecule has 3 heteroatoms. The molecule has 0 amide bonds. The summed E-state index contributed by atoms with van der Waals surface area (Å²) in [4.78, 5) is 11.9. The first-order valence-electron chi connectivity index (χ1n) is 7.72. The Bertz CT molecular complexity index is 414. The van der Waals surface area contributed by atoms with E-state index in [0.29, 0.717) is 12.5 Å². The third-order valence-corrected chi connectivity index (χ3v) is 4.30. The van der Waals surface area contributed by atoms with Crippen molar-refractivity contribution in [2.45, 2.75) is 51.6 Å². The molecule has 1 unspecified atom stereocenters. The summed E-state index contributed by atoms with van der Waals surface area (Å²) in [5, 5.41) is 3.45. The summed E-state index contributed by atoms with van der Waals surface area (Å²) in [5.74, 6) is 0.616. The summed E-state index contributed by atoms with van der Waals surface area (Å²) in [6, 6.07) is 10.2. The Morgan fingerprint density at radius 3 is 2.60 bits per heavy atom. The van der Waals surface area contributed by atoms with Gasteiger partial charge in [0.05, 0.1) is 6.04 Å². The number of morpholine rings is 1. The minimum Gasteiger partial charge on any atom is -0.462 e. The summed E-state index contributed by atoms with van der Waals surface area (Å²) in [7, 11) is 0. The monoisotopic (exact) mass is 275 g/mol. The van der Waals surface area contributed by atoms with Crippen LogP contribution in [0.3, 0.4) is 0 Å². The molecule has 0 bridgehead atoms. The molecule has 1 aliphatic heterocycles. The second kappa shape index (κ2) is 7.44. The van der Waals surface area contributed by atoms with Gasteiger partial charge in [-0.1, -0.05) is 57.0 Å². The number of nitrogens with one attached hydrogen (secondary N) is 1. The summed E-state index contributed by atoms with van der Waals surface area (Å²) in [5.41, 5.74) is 1.19. The van der Waals surface area contributed by atoms with Gasteiger partial charge in [-0.05, 0) is 24.3 Å². The van der Waals surface area contributed by atoms with E-state index in [0.717, 1.165) is 12.8 Å². The van der Waals surface area contributed by atoms with Crippen LogP contribution in [0.4, 0.5) is 0 Å². The van der Waals surface area contributed by atoms with Crippen LogP contribution in [0, 0.1) is 5.92 Å². The number of carbonyl (C=O) groups is 1. The first-order chi connectivity index (χ1) is 9.74. The fraction of sp³-hybridized carbons (Fsp3) is 0.588. The van der Waals surface area contributed by atoms with Crippen molar-refractivity contribution in [3.05, 3.63) is 35.9 Å². The van der Waals surface area contributed by atoms with Crippen molar-refractivity contribution in [2.24, 2.45) is 5.92 Å². The summed E-state index contributed by atoms with van der Waals surface area (Å²) in [6.07, 6.45) is 4.32. The molecule has 110 valence electrons. The standard InChI is InChI=1S/C17H25NO2/c1-3-13(4-2)10-11-15-17(19)20-12-16(18-15)14-8-6-5-7-9-14/h5-9,13,15-16,18H,3-4,10-12H2,1-2H3/t15?,16-/m1/s1. The molecule has 1 aliphatic rings. The molecule has 3 nitrogen and oxygen atoms in total. The van der Waals surface area contributed by atoms with E-state index in [1.54, 1.807) is 0 Å². The normalized spacial score (nSPS) is 22.9. The second-order valence-electron chi connectivity index (χ2n) is 5.57. The summed E-state index contributed by atoms with van der Waals surface area (Å²) >= 11 is 0. The molecular formula is C17H25NO2. The summed E-state index contributed by atoms with van der Waals surface area (Å²) in [6.45, 7) is 4.87. The van der Waals surface area contributed by atoms with Gasteiger partial charge in [0.25, 0.3) is 0 Å². The molecule has 0 aromatic heterocycles. The predicted octanol–water partition coefficient (Wildman–Crippen LogP) is 3.46. The lowest BCUT2D eigenvalue weighted by molar-refractivity contribution is -0.152. The number of rotatable bonds is 6. The van der Waals surface area contributed by atoms with E-state index < -0.39 is 0 Å². The molecule has 0 radical (unpaired) electrons. The Hall–Kier alpha value is -1.35. The van der Waals surface area contributed by atoms with Crippen LogP contribution in [-0.2, 0) is 9.53 Å². The van der Waals surface area contributed by atoms with Crippen molar-refractivity contribution < 1.29 is 9.53 Å². The minimum atomic E-state index is -0.158. The maximum atomic E-state index is 11.9. The van der Waals surface area contributed by atoms with Crippen molar-refractivity contribution in [1.82, 2.24) is 5.32 Å². The van der Waals surface area contributed by atoms with Crippen LogP contribution in [0.15, 0.2) is 30.3 Å². The van der Waals surface area contributed by atoms with Crippen molar-refractivity contribution >= 4 is 5.97 Å². The van der Waals surface area contributed by atoms with Crippen LogP contribution in [0.2, 0.25) is 0 Å². The van der Waals surface area contributed by atoms with Crippen LogP contribution >= 0.6 is 0 Å². The number of benzene rings is 1. The molecule has 0 spiro atoms. The number of ether oxygens (including phenoxy) is 1. The Labute approximate surface area is 121 Å². The van der Waals surface area contributed by atoms with Gasteiger partial charge < -0.3 is 4.74 Å². The van der Waals surface area contributed by atoms with E-state index in [2.05, 4.69) is 31.3 Å². The molecule has 1 N–H and O–H groups in total. The molecule has 0 aliphatic carbocycles. The number of carbonyl (C=O) groups excluding carboxylic acids is 1. The number of hydrogen-bond donors (Lipinski definition) is 1. The van der Waals surface area contributed by atoms with Gasteiger partial charge >= 0.3 is 5.97 Å². The lowest BCUT2D eigenvalue weighted by atomic mass is 9.94. The predicted molar refractivity (Wildman–Crippen MR) is 80.4 cm³/mol. The van der Waals surface area contributed by atoms with E-state index in [-0.39, 0.29) is 18.1 Å². The van der Waals surface area contributed by atoms with E-state index >= 15 is 0 Å². The fourth-order valence-electron chi connectivity index (χ4n) is 2.80. The number of esters is 1. The van der Waals surface area contributed by atoms with Crippen LogP contribution in [0.5, 0.6) is 0 Å². The molecule has 1 fully saturated rings. The largest absolute Gasteiger partial charge is 0.462 e. The Morgan fingerprint density at radius 2 is 1.95 bits per heavy atom.